The normalized spacial score (nSPS) is 15.8. The lowest BCUT2D eigenvalue weighted by molar-refractivity contribution is 0.414. The van der Waals surface area contributed by atoms with Crippen LogP contribution >= 0.6 is 0 Å². The standard InChI is InChI=1S/C18H22N6O2S/c1-26-15-8-6-14(7-9-15)13-24(16-5-2-3-10-20-16)12-4-11-21-18-17(19)22-27(25)23-18/h2-3,5-10H,4,11-13H2,1H3,(H2,19,22)(H,21,23). The van der Waals surface area contributed by atoms with Gasteiger partial charge >= 0.3 is 0 Å². The van der Waals surface area contributed by atoms with Gasteiger partial charge < -0.3 is 20.7 Å². The van der Waals surface area contributed by atoms with Crippen LogP contribution in [0.2, 0.25) is 0 Å². The molecular weight excluding hydrogens is 364 g/mol. The van der Waals surface area contributed by atoms with E-state index in [1.165, 1.54) is 5.56 Å². The third-order valence-electron chi connectivity index (χ3n) is 3.99. The summed E-state index contributed by atoms with van der Waals surface area (Å²) in [7, 11) is 1.66. The number of hydrogen-bond acceptors (Lipinski definition) is 6. The van der Waals surface area contributed by atoms with E-state index in [0.717, 1.165) is 31.1 Å². The highest BCUT2D eigenvalue weighted by Crippen LogP contribution is 2.17. The lowest BCUT2D eigenvalue weighted by Gasteiger charge is -2.24. The molecular formula is C18H22N6O2S. The summed E-state index contributed by atoms with van der Waals surface area (Å²) in [6, 6.07) is 13.9. The van der Waals surface area contributed by atoms with Crippen LogP contribution in [-0.4, -0.2) is 41.1 Å². The summed E-state index contributed by atoms with van der Waals surface area (Å²) in [6.45, 7) is 2.15. The molecule has 1 aliphatic heterocycles. The fraction of sp³-hybridized carbons (Fsp3) is 0.278. The van der Waals surface area contributed by atoms with Crippen LogP contribution in [0.5, 0.6) is 5.75 Å². The van der Waals surface area contributed by atoms with Crippen molar-refractivity contribution in [3.05, 3.63) is 54.2 Å². The molecule has 1 atom stereocenters. The third kappa shape index (κ3) is 5.27. The molecule has 0 spiro atoms. The Balaban J connectivity index is 1.59. The number of amidine groups is 2. The van der Waals surface area contributed by atoms with Gasteiger partial charge in [0.2, 0.25) is 0 Å². The van der Waals surface area contributed by atoms with Crippen molar-refractivity contribution in [3.8, 4) is 5.75 Å². The minimum Gasteiger partial charge on any atom is -0.497 e. The largest absolute Gasteiger partial charge is 0.497 e. The Morgan fingerprint density at radius 2 is 2.00 bits per heavy atom. The van der Waals surface area contributed by atoms with Gasteiger partial charge in [-0.3, -0.25) is 0 Å². The predicted molar refractivity (Wildman–Crippen MR) is 108 cm³/mol. The van der Waals surface area contributed by atoms with Crippen LogP contribution in [0, 0.1) is 0 Å². The van der Waals surface area contributed by atoms with Gasteiger partial charge in [-0.1, -0.05) is 18.2 Å². The van der Waals surface area contributed by atoms with Crippen molar-refractivity contribution in [1.82, 2.24) is 10.3 Å². The average molecular weight is 386 g/mol. The topological polar surface area (TPSA) is 105 Å². The molecule has 0 saturated heterocycles. The van der Waals surface area contributed by atoms with E-state index in [-0.39, 0.29) is 5.84 Å². The van der Waals surface area contributed by atoms with Gasteiger partial charge in [0.05, 0.1) is 7.11 Å². The Bertz CT molecular complexity index is 839. The van der Waals surface area contributed by atoms with Gasteiger partial charge in [0.15, 0.2) is 11.7 Å². The molecule has 1 aromatic heterocycles. The molecule has 1 unspecified atom stereocenters. The second kappa shape index (κ2) is 9.13. The Morgan fingerprint density at radius 3 is 2.63 bits per heavy atom. The first-order chi connectivity index (χ1) is 13.2. The van der Waals surface area contributed by atoms with Crippen LogP contribution in [0.15, 0.2) is 57.5 Å². The molecule has 3 rings (SSSR count). The maximum absolute atomic E-state index is 11.2. The minimum atomic E-state index is -1.60. The highest BCUT2D eigenvalue weighted by molar-refractivity contribution is 7.83. The molecule has 9 heteroatoms. The van der Waals surface area contributed by atoms with Crippen LogP contribution in [0.25, 0.3) is 0 Å². The Labute approximate surface area is 160 Å². The number of anilines is 1. The van der Waals surface area contributed by atoms with Crippen molar-refractivity contribution in [2.75, 3.05) is 25.1 Å². The monoisotopic (exact) mass is 386 g/mol. The predicted octanol–water partition coefficient (Wildman–Crippen LogP) is 1.42. The highest BCUT2D eigenvalue weighted by atomic mass is 32.2. The van der Waals surface area contributed by atoms with E-state index in [2.05, 4.69) is 24.0 Å². The van der Waals surface area contributed by atoms with Gasteiger partial charge in [0, 0.05) is 25.8 Å². The Hall–Kier alpha value is -2.94. The zero-order valence-electron chi connectivity index (χ0n) is 15.0. The quantitative estimate of drug-likeness (QED) is 0.665. The Morgan fingerprint density at radius 1 is 1.19 bits per heavy atom. The number of benzene rings is 1. The van der Waals surface area contributed by atoms with Gasteiger partial charge in [-0.05, 0) is 36.2 Å². The number of aromatic nitrogens is 1. The number of methoxy groups -OCH3 is 1. The first kappa shape index (κ1) is 18.8. The van der Waals surface area contributed by atoms with Gasteiger partial charge in [0.25, 0.3) is 11.2 Å². The summed E-state index contributed by atoms with van der Waals surface area (Å²) >= 11 is -1.60. The lowest BCUT2D eigenvalue weighted by atomic mass is 10.2. The van der Waals surface area contributed by atoms with E-state index in [1.54, 1.807) is 13.3 Å². The molecule has 8 nitrogen and oxygen atoms in total. The summed E-state index contributed by atoms with van der Waals surface area (Å²) in [6.07, 6.45) is 2.61. The zero-order valence-corrected chi connectivity index (χ0v) is 15.9. The van der Waals surface area contributed by atoms with Gasteiger partial charge in [-0.15, -0.1) is 8.80 Å². The average Bonchev–Trinajstić information content (AvgIpc) is 3.02. The molecule has 2 heterocycles. The van der Waals surface area contributed by atoms with Crippen molar-refractivity contribution >= 4 is 28.7 Å². The van der Waals surface area contributed by atoms with E-state index in [0.29, 0.717) is 12.4 Å². The summed E-state index contributed by atoms with van der Waals surface area (Å²) < 4.78 is 24.0. The summed E-state index contributed by atoms with van der Waals surface area (Å²) in [4.78, 5) is 6.67. The van der Waals surface area contributed by atoms with E-state index in [9.17, 15) is 4.21 Å². The minimum absolute atomic E-state index is 0.188. The van der Waals surface area contributed by atoms with Crippen molar-refractivity contribution in [1.29, 1.82) is 0 Å². The number of rotatable bonds is 8. The van der Waals surface area contributed by atoms with Crippen LogP contribution in [-0.2, 0) is 17.7 Å². The van der Waals surface area contributed by atoms with Crippen LogP contribution in [0.4, 0.5) is 5.82 Å². The molecule has 1 aliphatic rings. The smallest absolute Gasteiger partial charge is 0.269 e. The second-order valence-electron chi connectivity index (χ2n) is 5.89. The van der Waals surface area contributed by atoms with Gasteiger partial charge in [0.1, 0.15) is 11.6 Å². The third-order valence-corrected chi connectivity index (χ3v) is 4.68. The highest BCUT2D eigenvalue weighted by Gasteiger charge is 2.15. The molecule has 0 aliphatic carbocycles. The molecule has 1 aromatic carbocycles. The molecule has 2 aromatic rings. The van der Waals surface area contributed by atoms with E-state index >= 15 is 0 Å². The number of ether oxygens (including phenoxy) is 1. The fourth-order valence-electron chi connectivity index (χ4n) is 2.64. The van der Waals surface area contributed by atoms with Crippen molar-refractivity contribution in [3.63, 3.8) is 0 Å². The summed E-state index contributed by atoms with van der Waals surface area (Å²) in [5, 5.41) is 3.09. The molecule has 0 bridgehead atoms. The van der Waals surface area contributed by atoms with Crippen LogP contribution in [0.3, 0.4) is 0 Å². The van der Waals surface area contributed by atoms with E-state index < -0.39 is 11.2 Å². The number of nitrogens with one attached hydrogen (secondary N) is 1. The maximum atomic E-state index is 11.2. The lowest BCUT2D eigenvalue weighted by Crippen LogP contribution is -2.36. The van der Waals surface area contributed by atoms with Gasteiger partial charge in [-0.2, -0.15) is 0 Å². The fourth-order valence-corrected chi connectivity index (χ4v) is 3.25. The molecule has 0 amide bonds. The molecule has 3 N–H and O–H groups in total. The second-order valence-corrected chi connectivity index (χ2v) is 6.71. The van der Waals surface area contributed by atoms with Crippen LogP contribution in [0.1, 0.15) is 12.0 Å². The van der Waals surface area contributed by atoms with Gasteiger partial charge in [-0.25, -0.2) is 9.19 Å². The SMILES string of the molecule is COc1ccc(CN(CCCNC2=NS(=O)N=C2N)c2ccccn2)cc1. The molecule has 0 radical (unpaired) electrons. The first-order valence-electron chi connectivity index (χ1n) is 8.54. The number of nitrogens with zero attached hydrogens (tertiary/aromatic N) is 4. The number of nitrogens with two attached hydrogens (primary N) is 1. The zero-order chi connectivity index (χ0) is 19.1. The molecule has 27 heavy (non-hydrogen) atoms. The molecule has 0 fully saturated rings. The van der Waals surface area contributed by atoms with E-state index in [1.807, 2.05) is 42.5 Å². The van der Waals surface area contributed by atoms with Crippen molar-refractivity contribution < 1.29 is 8.95 Å². The van der Waals surface area contributed by atoms with E-state index in [4.69, 9.17) is 10.5 Å². The van der Waals surface area contributed by atoms with Crippen LogP contribution < -0.4 is 20.7 Å². The van der Waals surface area contributed by atoms with Crippen molar-refractivity contribution in [2.45, 2.75) is 13.0 Å². The molecule has 142 valence electrons. The summed E-state index contributed by atoms with van der Waals surface area (Å²) in [5.74, 6) is 2.33. The number of pyridine rings is 1. The summed E-state index contributed by atoms with van der Waals surface area (Å²) in [5.41, 5.74) is 6.83. The van der Waals surface area contributed by atoms with Crippen molar-refractivity contribution in [2.24, 2.45) is 14.5 Å². The Kier molecular flexibility index (Phi) is 6.37. The number of hydrogen-bond donors (Lipinski definition) is 2. The maximum Gasteiger partial charge on any atom is 0.269 e. The molecule has 0 saturated carbocycles. The first-order valence-corrected chi connectivity index (χ1v) is 9.60.